The predicted octanol–water partition coefficient (Wildman–Crippen LogP) is 0.903. The van der Waals surface area contributed by atoms with Gasteiger partial charge in [0.1, 0.15) is 5.70 Å². The molecule has 114 valence electrons. The minimum atomic E-state index is -0.984. The third-order valence-corrected chi connectivity index (χ3v) is 2.97. The van der Waals surface area contributed by atoms with Gasteiger partial charge in [-0.15, -0.1) is 0 Å². The number of carbonyl (C=O) groups excluding carboxylic acids is 4. The summed E-state index contributed by atoms with van der Waals surface area (Å²) in [7, 11) is 1.08. The summed E-state index contributed by atoms with van der Waals surface area (Å²) in [5.74, 6) is -3.22. The lowest BCUT2D eigenvalue weighted by Gasteiger charge is -2.15. The van der Waals surface area contributed by atoms with E-state index in [-0.39, 0.29) is 17.7 Å². The topological polar surface area (TPSA) is 90.0 Å². The molecular weight excluding hydrogens is 290 g/mol. The molecule has 0 bridgehead atoms. The quantitative estimate of drug-likeness (QED) is 0.466. The summed E-state index contributed by atoms with van der Waals surface area (Å²) < 4.78 is 9.24. The van der Waals surface area contributed by atoms with Crippen molar-refractivity contribution in [3.8, 4) is 0 Å². The number of carbonyl (C=O) groups is 4. The Kier molecular flexibility index (Phi) is 4.36. The van der Waals surface area contributed by atoms with Gasteiger partial charge in [-0.05, 0) is 19.1 Å². The fourth-order valence-electron chi connectivity index (χ4n) is 2.02. The minimum Gasteiger partial charge on any atom is -0.464 e. The molecule has 0 saturated heterocycles. The summed E-state index contributed by atoms with van der Waals surface area (Å²) in [5, 5.41) is 0. The van der Waals surface area contributed by atoms with Crippen LogP contribution in [0.5, 0.6) is 0 Å². The normalized spacial score (nSPS) is 13.9. The Balaban J connectivity index is 2.46. The lowest BCUT2D eigenvalue weighted by molar-refractivity contribution is -0.140. The molecule has 0 N–H and O–H groups in total. The molecule has 0 unspecified atom stereocenters. The Labute approximate surface area is 126 Å². The summed E-state index contributed by atoms with van der Waals surface area (Å²) in [6.45, 7) is 1.68. The molecule has 1 heterocycles. The van der Waals surface area contributed by atoms with Gasteiger partial charge in [-0.25, -0.2) is 14.5 Å². The molecule has 1 aliphatic heterocycles. The molecule has 2 amide bonds. The minimum absolute atomic E-state index is 0.0892. The Morgan fingerprint density at radius 1 is 1.14 bits per heavy atom. The summed E-state index contributed by atoms with van der Waals surface area (Å²) in [6, 6.07) is 6.13. The first-order chi connectivity index (χ1) is 10.5. The van der Waals surface area contributed by atoms with E-state index in [9.17, 15) is 19.2 Å². The van der Waals surface area contributed by atoms with Gasteiger partial charge in [0.25, 0.3) is 11.8 Å². The van der Waals surface area contributed by atoms with E-state index in [1.165, 1.54) is 12.1 Å². The number of rotatable bonds is 4. The number of amides is 2. The molecule has 0 saturated carbocycles. The highest BCUT2D eigenvalue weighted by Crippen LogP contribution is 2.26. The van der Waals surface area contributed by atoms with Crippen molar-refractivity contribution in [1.82, 2.24) is 4.90 Å². The zero-order valence-electron chi connectivity index (χ0n) is 12.0. The second-order valence-electron chi connectivity index (χ2n) is 4.26. The number of nitrogens with zero attached hydrogens (tertiary/aromatic N) is 1. The molecule has 1 aliphatic rings. The van der Waals surface area contributed by atoms with Gasteiger partial charge in [0.15, 0.2) is 0 Å². The van der Waals surface area contributed by atoms with E-state index in [4.69, 9.17) is 4.74 Å². The van der Waals surface area contributed by atoms with Gasteiger partial charge in [0, 0.05) is 0 Å². The fourth-order valence-corrected chi connectivity index (χ4v) is 2.02. The molecule has 0 atom stereocenters. The number of esters is 2. The van der Waals surface area contributed by atoms with Crippen LogP contribution >= 0.6 is 0 Å². The van der Waals surface area contributed by atoms with Crippen molar-refractivity contribution in [3.63, 3.8) is 0 Å². The molecular formula is C15H13NO6. The van der Waals surface area contributed by atoms with Gasteiger partial charge < -0.3 is 9.47 Å². The van der Waals surface area contributed by atoms with E-state index >= 15 is 0 Å². The van der Waals surface area contributed by atoms with Crippen molar-refractivity contribution in [1.29, 1.82) is 0 Å². The molecule has 1 aromatic carbocycles. The Hall–Kier alpha value is -2.96. The highest BCUT2D eigenvalue weighted by molar-refractivity contribution is 6.25. The zero-order chi connectivity index (χ0) is 16.3. The van der Waals surface area contributed by atoms with Crippen molar-refractivity contribution < 1.29 is 28.7 Å². The zero-order valence-corrected chi connectivity index (χ0v) is 12.0. The van der Waals surface area contributed by atoms with Crippen LogP contribution in [0.4, 0.5) is 0 Å². The molecule has 0 radical (unpaired) electrons. The maximum atomic E-state index is 12.3. The third-order valence-electron chi connectivity index (χ3n) is 2.97. The van der Waals surface area contributed by atoms with E-state index in [1.54, 1.807) is 19.1 Å². The Morgan fingerprint density at radius 2 is 1.68 bits per heavy atom. The molecule has 0 fully saturated rings. The van der Waals surface area contributed by atoms with Gasteiger partial charge in [-0.1, -0.05) is 12.1 Å². The van der Waals surface area contributed by atoms with Crippen molar-refractivity contribution in [2.45, 2.75) is 6.92 Å². The number of methoxy groups -OCH3 is 1. The van der Waals surface area contributed by atoms with Gasteiger partial charge in [0.05, 0.1) is 30.9 Å². The maximum absolute atomic E-state index is 12.3. The molecule has 22 heavy (non-hydrogen) atoms. The van der Waals surface area contributed by atoms with E-state index in [2.05, 4.69) is 4.74 Å². The highest BCUT2D eigenvalue weighted by Gasteiger charge is 2.40. The number of fused-ring (bicyclic) bond motifs is 1. The van der Waals surface area contributed by atoms with Gasteiger partial charge >= 0.3 is 11.9 Å². The average Bonchev–Trinajstić information content (AvgIpc) is 2.77. The van der Waals surface area contributed by atoms with Crippen LogP contribution in [-0.4, -0.2) is 42.4 Å². The van der Waals surface area contributed by atoms with Crippen molar-refractivity contribution in [3.05, 3.63) is 47.2 Å². The Morgan fingerprint density at radius 3 is 2.14 bits per heavy atom. The number of hydrogen-bond acceptors (Lipinski definition) is 6. The Bertz CT molecular complexity index is 656. The fraction of sp³-hybridized carbons (Fsp3) is 0.200. The standard InChI is InChI=1S/C15H13NO6/c1-3-22-12(17)8-11(15(20)21-2)16-13(18)9-6-4-5-7-10(9)14(16)19/h4-8H,3H2,1-2H3/b11-8-. The van der Waals surface area contributed by atoms with Crippen LogP contribution in [0.3, 0.4) is 0 Å². The van der Waals surface area contributed by atoms with Crippen LogP contribution in [0.25, 0.3) is 0 Å². The van der Waals surface area contributed by atoms with Crippen LogP contribution < -0.4 is 0 Å². The lowest BCUT2D eigenvalue weighted by Crippen LogP contribution is -2.34. The first kappa shape index (κ1) is 15.4. The SMILES string of the molecule is CCOC(=O)/C=C(/C(=O)OC)N1C(=O)c2ccccc2C1=O. The molecule has 0 aliphatic carbocycles. The monoisotopic (exact) mass is 303 g/mol. The van der Waals surface area contributed by atoms with Gasteiger partial charge in [-0.2, -0.15) is 0 Å². The summed E-state index contributed by atoms with van der Waals surface area (Å²) in [5.41, 5.74) is -0.163. The third kappa shape index (κ3) is 2.60. The van der Waals surface area contributed by atoms with Gasteiger partial charge in [0.2, 0.25) is 0 Å². The smallest absolute Gasteiger partial charge is 0.355 e. The summed E-state index contributed by atoms with van der Waals surface area (Å²) in [4.78, 5) is 48.6. The molecule has 7 nitrogen and oxygen atoms in total. The van der Waals surface area contributed by atoms with Crippen molar-refractivity contribution in [2.24, 2.45) is 0 Å². The largest absolute Gasteiger partial charge is 0.464 e. The maximum Gasteiger partial charge on any atom is 0.355 e. The van der Waals surface area contributed by atoms with Crippen LogP contribution in [0.1, 0.15) is 27.6 Å². The van der Waals surface area contributed by atoms with Gasteiger partial charge in [-0.3, -0.25) is 9.59 Å². The van der Waals surface area contributed by atoms with E-state index in [0.29, 0.717) is 4.90 Å². The van der Waals surface area contributed by atoms with E-state index in [1.807, 2.05) is 0 Å². The first-order valence-electron chi connectivity index (χ1n) is 6.45. The average molecular weight is 303 g/mol. The van der Waals surface area contributed by atoms with E-state index < -0.39 is 29.5 Å². The van der Waals surface area contributed by atoms with Crippen LogP contribution in [-0.2, 0) is 19.1 Å². The molecule has 0 aromatic heterocycles. The molecule has 7 heteroatoms. The lowest BCUT2D eigenvalue weighted by atomic mass is 10.1. The number of imide groups is 1. The first-order valence-corrected chi connectivity index (χ1v) is 6.45. The highest BCUT2D eigenvalue weighted by atomic mass is 16.5. The predicted molar refractivity (Wildman–Crippen MR) is 73.7 cm³/mol. The van der Waals surface area contributed by atoms with Crippen LogP contribution in [0.15, 0.2) is 36.0 Å². The van der Waals surface area contributed by atoms with Crippen LogP contribution in [0, 0.1) is 0 Å². The van der Waals surface area contributed by atoms with E-state index in [0.717, 1.165) is 13.2 Å². The molecule has 0 spiro atoms. The number of hydrogen-bond donors (Lipinski definition) is 0. The molecule has 1 aromatic rings. The summed E-state index contributed by atoms with van der Waals surface area (Å²) in [6.07, 6.45) is 0.775. The number of benzene rings is 1. The summed E-state index contributed by atoms with van der Waals surface area (Å²) >= 11 is 0. The van der Waals surface area contributed by atoms with Crippen molar-refractivity contribution in [2.75, 3.05) is 13.7 Å². The second kappa shape index (κ2) is 6.21. The molecule has 2 rings (SSSR count). The van der Waals surface area contributed by atoms with Crippen LogP contribution in [0.2, 0.25) is 0 Å². The second-order valence-corrected chi connectivity index (χ2v) is 4.26. The number of ether oxygens (including phenoxy) is 2. The van der Waals surface area contributed by atoms with Crippen molar-refractivity contribution >= 4 is 23.8 Å².